The predicted octanol–water partition coefficient (Wildman–Crippen LogP) is 2.69. The summed E-state index contributed by atoms with van der Waals surface area (Å²) in [6, 6.07) is 8.28. The monoisotopic (exact) mass is 224 g/mol. The Morgan fingerprint density at radius 3 is 2.25 bits per heavy atom. The van der Waals surface area contributed by atoms with Gasteiger partial charge in [0.1, 0.15) is 0 Å². The van der Waals surface area contributed by atoms with E-state index in [1.54, 1.807) is 21.3 Å². The molecule has 0 saturated heterocycles. The van der Waals surface area contributed by atoms with Gasteiger partial charge in [0.25, 0.3) is 0 Å². The molecule has 3 heteroatoms. The van der Waals surface area contributed by atoms with Crippen LogP contribution in [0.15, 0.2) is 24.3 Å². The Hall–Kier alpha value is -0.900. The van der Waals surface area contributed by atoms with Crippen LogP contribution in [-0.2, 0) is 14.2 Å². The Labute approximate surface area is 97.3 Å². The van der Waals surface area contributed by atoms with Crippen molar-refractivity contribution in [1.82, 2.24) is 0 Å². The van der Waals surface area contributed by atoms with Crippen molar-refractivity contribution in [1.29, 1.82) is 0 Å². The fraction of sp³-hybridized carbons (Fsp3) is 0.538. The van der Waals surface area contributed by atoms with Crippen LogP contribution in [0.3, 0.4) is 0 Å². The van der Waals surface area contributed by atoms with Gasteiger partial charge in [0.2, 0.25) is 0 Å². The molecule has 16 heavy (non-hydrogen) atoms. The molecule has 0 aliphatic carbocycles. The van der Waals surface area contributed by atoms with Gasteiger partial charge in [-0.2, -0.15) is 0 Å². The Balaban J connectivity index is 2.74. The number of rotatable bonds is 6. The minimum Gasteiger partial charge on any atom is -0.377 e. The van der Waals surface area contributed by atoms with Gasteiger partial charge in [0, 0.05) is 27.8 Å². The van der Waals surface area contributed by atoms with E-state index in [9.17, 15) is 0 Å². The molecule has 0 aliphatic rings. The Bertz CT molecular complexity index is 308. The minimum atomic E-state index is -0.231. The molecular formula is C13H20O3. The third-order valence-corrected chi connectivity index (χ3v) is 2.63. The quantitative estimate of drug-likeness (QED) is 0.695. The van der Waals surface area contributed by atoms with Gasteiger partial charge in [0.15, 0.2) is 6.29 Å². The van der Waals surface area contributed by atoms with Crippen LogP contribution in [0.1, 0.15) is 23.7 Å². The first-order valence-electron chi connectivity index (χ1n) is 5.36. The van der Waals surface area contributed by atoms with E-state index in [1.165, 1.54) is 5.56 Å². The van der Waals surface area contributed by atoms with Crippen molar-refractivity contribution in [2.45, 2.75) is 25.7 Å². The van der Waals surface area contributed by atoms with Crippen molar-refractivity contribution in [3.63, 3.8) is 0 Å². The second-order valence-electron chi connectivity index (χ2n) is 3.78. The molecule has 0 radical (unpaired) electrons. The van der Waals surface area contributed by atoms with Gasteiger partial charge in [-0.25, -0.2) is 0 Å². The highest BCUT2D eigenvalue weighted by atomic mass is 16.7. The second kappa shape index (κ2) is 6.63. The van der Waals surface area contributed by atoms with Gasteiger partial charge >= 0.3 is 0 Å². The van der Waals surface area contributed by atoms with Gasteiger partial charge < -0.3 is 14.2 Å². The van der Waals surface area contributed by atoms with E-state index in [0.717, 1.165) is 5.56 Å². The number of hydrogen-bond donors (Lipinski definition) is 0. The highest BCUT2D eigenvalue weighted by Crippen LogP contribution is 2.23. The summed E-state index contributed by atoms with van der Waals surface area (Å²) in [5, 5.41) is 0. The molecule has 0 aliphatic heterocycles. The van der Waals surface area contributed by atoms with E-state index in [2.05, 4.69) is 25.1 Å². The normalized spacial score (nSPS) is 13.1. The van der Waals surface area contributed by atoms with Gasteiger partial charge in [0.05, 0.1) is 6.10 Å². The number of aryl methyl sites for hydroxylation is 1. The summed E-state index contributed by atoms with van der Waals surface area (Å²) in [5.74, 6) is 0. The van der Waals surface area contributed by atoms with E-state index in [0.29, 0.717) is 6.42 Å². The number of benzene rings is 1. The van der Waals surface area contributed by atoms with E-state index in [1.807, 2.05) is 6.07 Å². The lowest BCUT2D eigenvalue weighted by Crippen LogP contribution is -2.18. The molecular weight excluding hydrogens is 204 g/mol. The lowest BCUT2D eigenvalue weighted by Gasteiger charge is -2.21. The molecule has 0 amide bonds. The summed E-state index contributed by atoms with van der Waals surface area (Å²) in [4.78, 5) is 0. The molecule has 1 aromatic carbocycles. The van der Waals surface area contributed by atoms with Crippen LogP contribution in [0.4, 0.5) is 0 Å². The lowest BCUT2D eigenvalue weighted by atomic mass is 10.0. The molecule has 0 aromatic heterocycles. The predicted molar refractivity (Wildman–Crippen MR) is 63.4 cm³/mol. The average molecular weight is 224 g/mol. The largest absolute Gasteiger partial charge is 0.377 e. The van der Waals surface area contributed by atoms with E-state index in [-0.39, 0.29) is 12.4 Å². The fourth-order valence-corrected chi connectivity index (χ4v) is 1.70. The van der Waals surface area contributed by atoms with Crippen LogP contribution in [0.5, 0.6) is 0 Å². The third kappa shape index (κ3) is 3.59. The molecule has 1 aromatic rings. The summed E-state index contributed by atoms with van der Waals surface area (Å²) in [6.45, 7) is 2.07. The summed E-state index contributed by atoms with van der Waals surface area (Å²) in [7, 11) is 4.98. The summed E-state index contributed by atoms with van der Waals surface area (Å²) >= 11 is 0. The average Bonchev–Trinajstić information content (AvgIpc) is 2.31. The summed E-state index contributed by atoms with van der Waals surface area (Å²) in [6.07, 6.45) is 0.461. The molecule has 0 saturated carbocycles. The second-order valence-corrected chi connectivity index (χ2v) is 3.78. The highest BCUT2D eigenvalue weighted by Gasteiger charge is 2.17. The first kappa shape index (κ1) is 13.2. The lowest BCUT2D eigenvalue weighted by molar-refractivity contribution is -0.126. The Morgan fingerprint density at radius 1 is 1.06 bits per heavy atom. The molecule has 0 N–H and O–H groups in total. The van der Waals surface area contributed by atoms with Crippen molar-refractivity contribution in [2.75, 3.05) is 21.3 Å². The molecule has 0 spiro atoms. The van der Waals surface area contributed by atoms with Crippen LogP contribution in [0.25, 0.3) is 0 Å². The van der Waals surface area contributed by atoms with Crippen LogP contribution in [-0.4, -0.2) is 27.6 Å². The maximum absolute atomic E-state index is 5.47. The fourth-order valence-electron chi connectivity index (χ4n) is 1.70. The first-order chi connectivity index (χ1) is 7.71. The van der Waals surface area contributed by atoms with Crippen LogP contribution in [0, 0.1) is 6.92 Å². The van der Waals surface area contributed by atoms with E-state index < -0.39 is 0 Å². The molecule has 90 valence electrons. The maximum Gasteiger partial charge on any atom is 0.159 e. The molecule has 1 atom stereocenters. The first-order valence-corrected chi connectivity index (χ1v) is 5.36. The van der Waals surface area contributed by atoms with Crippen LogP contribution < -0.4 is 0 Å². The van der Waals surface area contributed by atoms with Crippen molar-refractivity contribution < 1.29 is 14.2 Å². The smallest absolute Gasteiger partial charge is 0.159 e. The standard InChI is InChI=1S/C13H20O3/c1-10-6-5-7-11(8-10)12(14-2)9-13(15-3)16-4/h5-8,12-13H,9H2,1-4H3. The number of hydrogen-bond acceptors (Lipinski definition) is 3. The van der Waals surface area contributed by atoms with E-state index >= 15 is 0 Å². The minimum absolute atomic E-state index is 0.00444. The third-order valence-electron chi connectivity index (χ3n) is 2.63. The Morgan fingerprint density at radius 2 is 1.75 bits per heavy atom. The molecule has 0 fully saturated rings. The van der Waals surface area contributed by atoms with Crippen LogP contribution in [0.2, 0.25) is 0 Å². The van der Waals surface area contributed by atoms with Crippen molar-refractivity contribution in [2.24, 2.45) is 0 Å². The zero-order chi connectivity index (χ0) is 12.0. The highest BCUT2D eigenvalue weighted by molar-refractivity contribution is 5.24. The number of methoxy groups -OCH3 is 3. The zero-order valence-corrected chi connectivity index (χ0v) is 10.4. The van der Waals surface area contributed by atoms with Gasteiger partial charge in [-0.05, 0) is 12.5 Å². The SMILES string of the molecule is COC(CC(OC)c1cccc(C)c1)OC. The van der Waals surface area contributed by atoms with Gasteiger partial charge in [-0.15, -0.1) is 0 Å². The topological polar surface area (TPSA) is 27.7 Å². The molecule has 1 unspecified atom stereocenters. The number of ether oxygens (including phenoxy) is 3. The van der Waals surface area contributed by atoms with Crippen LogP contribution >= 0.6 is 0 Å². The molecule has 1 rings (SSSR count). The van der Waals surface area contributed by atoms with Crippen molar-refractivity contribution in [3.05, 3.63) is 35.4 Å². The van der Waals surface area contributed by atoms with Gasteiger partial charge in [-0.3, -0.25) is 0 Å². The van der Waals surface area contributed by atoms with Crippen molar-refractivity contribution >= 4 is 0 Å². The van der Waals surface area contributed by atoms with Gasteiger partial charge in [-0.1, -0.05) is 29.8 Å². The molecule has 0 heterocycles. The van der Waals surface area contributed by atoms with E-state index in [4.69, 9.17) is 14.2 Å². The molecule has 3 nitrogen and oxygen atoms in total. The summed E-state index contributed by atoms with van der Waals surface area (Å²) in [5.41, 5.74) is 2.38. The Kier molecular flexibility index (Phi) is 5.46. The van der Waals surface area contributed by atoms with Crippen molar-refractivity contribution in [3.8, 4) is 0 Å². The zero-order valence-electron chi connectivity index (χ0n) is 10.4. The molecule has 0 bridgehead atoms. The maximum atomic E-state index is 5.47. The summed E-state index contributed by atoms with van der Waals surface area (Å²) < 4.78 is 15.8.